The lowest BCUT2D eigenvalue weighted by atomic mass is 9.97. The van der Waals surface area contributed by atoms with Crippen LogP contribution >= 0.6 is 0 Å². The van der Waals surface area contributed by atoms with Crippen molar-refractivity contribution in [2.45, 2.75) is 25.8 Å². The molecule has 4 nitrogen and oxygen atoms in total. The van der Waals surface area contributed by atoms with Crippen LogP contribution in [0, 0.1) is 11.8 Å². The first-order chi connectivity index (χ1) is 9.78. The van der Waals surface area contributed by atoms with Crippen molar-refractivity contribution < 1.29 is 14.6 Å². The minimum atomic E-state index is 0.318. The molecule has 20 heavy (non-hydrogen) atoms. The van der Waals surface area contributed by atoms with E-state index in [9.17, 15) is 5.11 Å². The molecule has 0 saturated heterocycles. The molecule has 2 atom stereocenters. The Morgan fingerprint density at radius 2 is 2.00 bits per heavy atom. The molecular weight excluding hydrogens is 254 g/mol. The SMILES string of the molecule is COc1ccc(CNCC2CCCC2CO)c(OC)c1. The lowest BCUT2D eigenvalue weighted by Gasteiger charge is -2.18. The van der Waals surface area contributed by atoms with E-state index in [0.29, 0.717) is 18.4 Å². The second-order valence-corrected chi connectivity index (χ2v) is 5.44. The van der Waals surface area contributed by atoms with E-state index in [1.165, 1.54) is 12.8 Å². The molecule has 1 aliphatic carbocycles. The number of nitrogens with one attached hydrogen (secondary N) is 1. The topological polar surface area (TPSA) is 50.7 Å². The van der Waals surface area contributed by atoms with E-state index in [1.807, 2.05) is 18.2 Å². The van der Waals surface area contributed by atoms with Gasteiger partial charge in [-0.3, -0.25) is 0 Å². The average Bonchev–Trinajstić information content (AvgIpc) is 2.95. The van der Waals surface area contributed by atoms with Crippen LogP contribution in [0.2, 0.25) is 0 Å². The minimum absolute atomic E-state index is 0.318. The summed E-state index contributed by atoms with van der Waals surface area (Å²) in [6, 6.07) is 5.89. The third-order valence-electron chi connectivity index (χ3n) is 4.27. The molecular formula is C16H25NO3. The summed E-state index contributed by atoms with van der Waals surface area (Å²) in [5.74, 6) is 2.73. The summed E-state index contributed by atoms with van der Waals surface area (Å²) < 4.78 is 10.6. The van der Waals surface area contributed by atoms with Crippen molar-refractivity contribution in [2.75, 3.05) is 27.4 Å². The highest BCUT2D eigenvalue weighted by Gasteiger charge is 2.25. The van der Waals surface area contributed by atoms with Crippen LogP contribution in [0.4, 0.5) is 0 Å². The van der Waals surface area contributed by atoms with Gasteiger partial charge in [0, 0.05) is 24.8 Å². The van der Waals surface area contributed by atoms with Crippen molar-refractivity contribution in [3.05, 3.63) is 23.8 Å². The molecule has 2 unspecified atom stereocenters. The highest BCUT2D eigenvalue weighted by Crippen LogP contribution is 2.31. The van der Waals surface area contributed by atoms with Crippen molar-refractivity contribution in [3.63, 3.8) is 0 Å². The largest absolute Gasteiger partial charge is 0.497 e. The molecule has 0 bridgehead atoms. The fourth-order valence-electron chi connectivity index (χ4n) is 3.01. The van der Waals surface area contributed by atoms with Gasteiger partial charge in [-0.2, -0.15) is 0 Å². The van der Waals surface area contributed by atoms with Crippen LogP contribution in [-0.2, 0) is 6.54 Å². The van der Waals surface area contributed by atoms with E-state index in [-0.39, 0.29) is 0 Å². The van der Waals surface area contributed by atoms with Crippen molar-refractivity contribution in [3.8, 4) is 11.5 Å². The van der Waals surface area contributed by atoms with Gasteiger partial charge in [0.1, 0.15) is 11.5 Å². The summed E-state index contributed by atoms with van der Waals surface area (Å²) in [6.07, 6.45) is 3.62. The first-order valence-electron chi connectivity index (χ1n) is 7.31. The van der Waals surface area contributed by atoms with Gasteiger partial charge >= 0.3 is 0 Å². The Bertz CT molecular complexity index is 422. The number of ether oxygens (including phenoxy) is 2. The summed E-state index contributed by atoms with van der Waals surface area (Å²) in [7, 11) is 3.33. The fraction of sp³-hybridized carbons (Fsp3) is 0.625. The van der Waals surface area contributed by atoms with E-state index in [2.05, 4.69) is 5.32 Å². The Labute approximate surface area is 121 Å². The van der Waals surface area contributed by atoms with Gasteiger partial charge in [0.15, 0.2) is 0 Å². The molecule has 1 saturated carbocycles. The highest BCUT2D eigenvalue weighted by atomic mass is 16.5. The van der Waals surface area contributed by atoms with Gasteiger partial charge in [-0.1, -0.05) is 12.5 Å². The fourth-order valence-corrected chi connectivity index (χ4v) is 3.01. The zero-order valence-corrected chi connectivity index (χ0v) is 12.4. The summed E-state index contributed by atoms with van der Waals surface area (Å²) >= 11 is 0. The average molecular weight is 279 g/mol. The van der Waals surface area contributed by atoms with Gasteiger partial charge in [0.2, 0.25) is 0 Å². The standard InChI is InChI=1S/C16H25NO3/c1-19-15-7-6-13(16(8-15)20-2)10-17-9-12-4-3-5-14(12)11-18/h6-8,12,14,17-18H,3-5,9-11H2,1-2H3. The molecule has 112 valence electrons. The lowest BCUT2D eigenvalue weighted by molar-refractivity contribution is 0.192. The normalized spacial score (nSPS) is 21.9. The number of aliphatic hydroxyl groups excluding tert-OH is 1. The van der Waals surface area contributed by atoms with E-state index in [0.717, 1.165) is 36.6 Å². The molecule has 0 spiro atoms. The number of rotatable bonds is 7. The number of hydrogen-bond donors (Lipinski definition) is 2. The number of hydrogen-bond acceptors (Lipinski definition) is 4. The van der Waals surface area contributed by atoms with Gasteiger partial charge in [-0.15, -0.1) is 0 Å². The lowest BCUT2D eigenvalue weighted by Crippen LogP contribution is -2.26. The Balaban J connectivity index is 1.87. The quantitative estimate of drug-likeness (QED) is 0.803. The second-order valence-electron chi connectivity index (χ2n) is 5.44. The van der Waals surface area contributed by atoms with Crippen LogP contribution in [0.3, 0.4) is 0 Å². The van der Waals surface area contributed by atoms with Crippen molar-refractivity contribution >= 4 is 0 Å². The smallest absolute Gasteiger partial charge is 0.127 e. The summed E-state index contributed by atoms with van der Waals surface area (Å²) in [4.78, 5) is 0. The summed E-state index contributed by atoms with van der Waals surface area (Å²) in [5.41, 5.74) is 1.13. The van der Waals surface area contributed by atoms with Crippen molar-refractivity contribution in [1.82, 2.24) is 5.32 Å². The number of aliphatic hydroxyl groups is 1. The van der Waals surface area contributed by atoms with Crippen LogP contribution in [-0.4, -0.2) is 32.5 Å². The Morgan fingerprint density at radius 3 is 2.70 bits per heavy atom. The maximum atomic E-state index is 9.33. The molecule has 2 N–H and O–H groups in total. The van der Waals surface area contributed by atoms with E-state index in [1.54, 1.807) is 14.2 Å². The molecule has 2 rings (SSSR count). The molecule has 0 amide bonds. The van der Waals surface area contributed by atoms with Crippen LogP contribution in [0.5, 0.6) is 11.5 Å². The zero-order valence-electron chi connectivity index (χ0n) is 12.4. The number of benzene rings is 1. The van der Waals surface area contributed by atoms with Gasteiger partial charge in [-0.05, 0) is 37.3 Å². The molecule has 4 heteroatoms. The van der Waals surface area contributed by atoms with Gasteiger partial charge in [0.25, 0.3) is 0 Å². The van der Waals surface area contributed by atoms with Crippen LogP contribution in [0.15, 0.2) is 18.2 Å². The summed E-state index contributed by atoms with van der Waals surface area (Å²) in [5, 5.41) is 12.8. The van der Waals surface area contributed by atoms with E-state index in [4.69, 9.17) is 9.47 Å². The van der Waals surface area contributed by atoms with Crippen LogP contribution in [0.1, 0.15) is 24.8 Å². The Kier molecular flexibility index (Phi) is 5.68. The van der Waals surface area contributed by atoms with E-state index < -0.39 is 0 Å². The Morgan fingerprint density at radius 1 is 1.20 bits per heavy atom. The van der Waals surface area contributed by atoms with Gasteiger partial charge in [-0.25, -0.2) is 0 Å². The molecule has 1 fully saturated rings. The first kappa shape index (κ1) is 15.1. The molecule has 0 aliphatic heterocycles. The zero-order chi connectivity index (χ0) is 14.4. The maximum Gasteiger partial charge on any atom is 0.127 e. The molecule has 0 heterocycles. The molecule has 1 aromatic carbocycles. The third kappa shape index (κ3) is 3.64. The van der Waals surface area contributed by atoms with E-state index >= 15 is 0 Å². The second kappa shape index (κ2) is 7.50. The molecule has 0 radical (unpaired) electrons. The maximum absolute atomic E-state index is 9.33. The Hall–Kier alpha value is -1.26. The number of methoxy groups -OCH3 is 2. The minimum Gasteiger partial charge on any atom is -0.497 e. The van der Waals surface area contributed by atoms with Crippen molar-refractivity contribution in [2.24, 2.45) is 11.8 Å². The van der Waals surface area contributed by atoms with Gasteiger partial charge in [0.05, 0.1) is 14.2 Å². The van der Waals surface area contributed by atoms with Crippen LogP contribution in [0.25, 0.3) is 0 Å². The third-order valence-corrected chi connectivity index (χ3v) is 4.27. The highest BCUT2D eigenvalue weighted by molar-refractivity contribution is 5.40. The molecule has 1 aromatic rings. The summed E-state index contributed by atoms with van der Waals surface area (Å²) in [6.45, 7) is 2.06. The van der Waals surface area contributed by atoms with Crippen LogP contribution < -0.4 is 14.8 Å². The monoisotopic (exact) mass is 279 g/mol. The predicted molar refractivity (Wildman–Crippen MR) is 79.2 cm³/mol. The van der Waals surface area contributed by atoms with Crippen molar-refractivity contribution in [1.29, 1.82) is 0 Å². The molecule has 0 aromatic heterocycles. The predicted octanol–water partition coefficient (Wildman–Crippen LogP) is 2.20. The first-order valence-corrected chi connectivity index (χ1v) is 7.31. The molecule has 1 aliphatic rings. The van der Waals surface area contributed by atoms with Gasteiger partial charge < -0.3 is 19.9 Å².